The van der Waals surface area contributed by atoms with Crippen molar-refractivity contribution < 1.29 is 22.8 Å². The summed E-state index contributed by atoms with van der Waals surface area (Å²) in [7, 11) is 0. The van der Waals surface area contributed by atoms with Crippen LogP contribution in [0.2, 0.25) is 0 Å². The van der Waals surface area contributed by atoms with Crippen molar-refractivity contribution >= 4 is 28.1 Å². The second-order valence-corrected chi connectivity index (χ2v) is 9.33. The van der Waals surface area contributed by atoms with Crippen molar-refractivity contribution in [3.8, 4) is 16.9 Å². The van der Waals surface area contributed by atoms with E-state index in [1.807, 2.05) is 19.1 Å². The highest BCUT2D eigenvalue weighted by Gasteiger charge is 2.36. The van der Waals surface area contributed by atoms with Crippen molar-refractivity contribution in [3.63, 3.8) is 0 Å². The molecule has 1 aromatic carbocycles. The highest BCUT2D eigenvalue weighted by Crippen LogP contribution is 2.40. The number of fused-ring (bicyclic) bond motifs is 1. The fourth-order valence-corrected chi connectivity index (χ4v) is 4.45. The normalized spacial score (nSPS) is 17.6. The van der Waals surface area contributed by atoms with Crippen LogP contribution in [-0.2, 0) is 11.4 Å². The van der Waals surface area contributed by atoms with Crippen LogP contribution in [0.25, 0.3) is 22.2 Å². The molecule has 2 aromatic heterocycles. The Labute approximate surface area is 182 Å². The number of nitrogens with one attached hydrogen (secondary N) is 2. The van der Waals surface area contributed by atoms with Gasteiger partial charge >= 0.3 is 0 Å². The predicted octanol–water partition coefficient (Wildman–Crippen LogP) is 4.83. The highest BCUT2D eigenvalue weighted by molar-refractivity contribution is 7.92. The summed E-state index contributed by atoms with van der Waals surface area (Å²) < 4.78 is 49.1. The van der Waals surface area contributed by atoms with Gasteiger partial charge in [0, 0.05) is 24.0 Å². The zero-order chi connectivity index (χ0) is 22.2. The number of aryl methyl sites for hydroxylation is 1. The molecule has 6 nitrogen and oxygen atoms in total. The van der Waals surface area contributed by atoms with E-state index in [9.17, 15) is 18.5 Å². The van der Waals surface area contributed by atoms with Gasteiger partial charge in [-0.1, -0.05) is 0 Å². The Balaban J connectivity index is 1.76. The van der Waals surface area contributed by atoms with Crippen LogP contribution in [0.15, 0.2) is 36.5 Å². The number of pyridine rings is 1. The zero-order valence-electron chi connectivity index (χ0n) is 17.4. The maximum Gasteiger partial charge on any atom is 0.290 e. The number of nitrogens with zero attached hydrogens (tertiary/aromatic N) is 1. The number of halogens is 2. The maximum atomic E-state index is 13.6. The molecule has 31 heavy (non-hydrogen) atoms. The topological polar surface area (TPSA) is 87.0 Å². The second-order valence-electron chi connectivity index (χ2n) is 7.85. The molecule has 3 aromatic rings. The molecule has 1 fully saturated rings. The van der Waals surface area contributed by atoms with Gasteiger partial charge in [-0.25, -0.2) is 23.2 Å². The van der Waals surface area contributed by atoms with Crippen molar-refractivity contribution in [2.24, 2.45) is 0 Å². The Morgan fingerprint density at radius 2 is 1.97 bits per heavy atom. The Morgan fingerprint density at radius 1 is 1.23 bits per heavy atom. The molecule has 4 rings (SSSR count). The molecule has 1 atom stereocenters. The largest absolute Gasteiger partial charge is 0.710 e. The number of hydrogen-bond acceptors (Lipinski definition) is 4. The van der Waals surface area contributed by atoms with Gasteiger partial charge < -0.3 is 14.5 Å². The van der Waals surface area contributed by atoms with Crippen LogP contribution < -0.4 is 14.2 Å². The molecule has 0 saturated heterocycles. The van der Waals surface area contributed by atoms with Crippen molar-refractivity contribution in [3.05, 3.63) is 47.4 Å². The smallest absolute Gasteiger partial charge is 0.290 e. The summed E-state index contributed by atoms with van der Waals surface area (Å²) in [6, 6.07) is 8.95. The van der Waals surface area contributed by atoms with E-state index >= 15 is 0 Å². The molecule has 9 heteroatoms. The summed E-state index contributed by atoms with van der Waals surface area (Å²) in [5.74, 6) is -1.63. The van der Waals surface area contributed by atoms with Gasteiger partial charge in [0.25, 0.3) is 5.65 Å². The van der Waals surface area contributed by atoms with Crippen LogP contribution in [0.3, 0.4) is 0 Å². The van der Waals surface area contributed by atoms with Crippen LogP contribution in [0, 0.1) is 12.1 Å². The molecule has 0 spiro atoms. The van der Waals surface area contributed by atoms with E-state index in [1.54, 1.807) is 31.3 Å². The predicted molar refractivity (Wildman–Crippen MR) is 118 cm³/mol. The fraction of sp³-hybridized carbons (Fsp3) is 0.409. The number of ether oxygens (including phenoxy) is 1. The molecule has 1 aliphatic rings. The Morgan fingerprint density at radius 3 is 2.68 bits per heavy atom. The van der Waals surface area contributed by atoms with Crippen LogP contribution in [0.1, 0.15) is 38.3 Å². The quantitative estimate of drug-likeness (QED) is 0.321. The molecule has 1 unspecified atom stereocenters. The first kappa shape index (κ1) is 21.7. The van der Waals surface area contributed by atoms with E-state index < -0.39 is 17.3 Å². The Hall–Kier alpha value is -2.52. The van der Waals surface area contributed by atoms with E-state index in [0.717, 1.165) is 15.7 Å². The molecule has 166 valence electrons. The van der Waals surface area contributed by atoms with Gasteiger partial charge in [0.1, 0.15) is 17.2 Å². The van der Waals surface area contributed by atoms with Gasteiger partial charge in [-0.3, -0.25) is 0 Å². The van der Waals surface area contributed by atoms with Crippen LogP contribution in [0.5, 0.6) is 5.75 Å². The van der Waals surface area contributed by atoms with Gasteiger partial charge in [0.05, 0.1) is 34.7 Å². The molecule has 1 aliphatic carbocycles. The molecule has 0 amide bonds. The third-order valence-corrected chi connectivity index (χ3v) is 6.60. The lowest BCUT2D eigenvalue weighted by molar-refractivity contribution is -0.586. The van der Waals surface area contributed by atoms with Crippen molar-refractivity contribution in [2.45, 2.75) is 51.6 Å². The summed E-state index contributed by atoms with van der Waals surface area (Å²) in [6.45, 7) is 3.53. The number of rotatable bonds is 6. The number of hydrogen-bond donors (Lipinski definition) is 2. The third-order valence-electron chi connectivity index (χ3n) is 5.61. The minimum Gasteiger partial charge on any atom is -0.710 e. The van der Waals surface area contributed by atoms with Crippen molar-refractivity contribution in [1.82, 2.24) is 4.98 Å². The summed E-state index contributed by atoms with van der Waals surface area (Å²) >= 11 is -1.23. The molecular formula is C22H25F2N3O3S. The molecule has 0 bridgehead atoms. The van der Waals surface area contributed by atoms with Crippen LogP contribution >= 0.6 is 0 Å². The van der Waals surface area contributed by atoms with Gasteiger partial charge in [-0.15, -0.1) is 0 Å². The van der Waals surface area contributed by atoms with E-state index in [1.165, 1.54) is 0 Å². The minimum atomic E-state index is -2.63. The Bertz CT molecular complexity index is 1080. The van der Waals surface area contributed by atoms with Crippen molar-refractivity contribution in [2.75, 3.05) is 10.5 Å². The SMILES string of the molecule is CC[S+]([O-])Nc1ccc(OC2CCC(F)(F)CC2)c(-c2cc(C)[n+]([O-])c3[nH]ccc23)c1. The highest BCUT2D eigenvalue weighted by atomic mass is 32.2. The molecular weight excluding hydrogens is 424 g/mol. The zero-order valence-corrected chi connectivity index (χ0v) is 18.2. The number of aromatic nitrogens is 2. The molecule has 0 aliphatic heterocycles. The van der Waals surface area contributed by atoms with Gasteiger partial charge in [-0.2, -0.15) is 0 Å². The summed E-state index contributed by atoms with van der Waals surface area (Å²) in [6.07, 6.45) is 1.56. The monoisotopic (exact) mass is 449 g/mol. The van der Waals surface area contributed by atoms with Crippen molar-refractivity contribution in [1.29, 1.82) is 0 Å². The third kappa shape index (κ3) is 4.57. The lowest BCUT2D eigenvalue weighted by Crippen LogP contribution is -2.31. The van der Waals surface area contributed by atoms with Crippen LogP contribution in [-0.4, -0.2) is 27.3 Å². The lowest BCUT2D eigenvalue weighted by Gasteiger charge is -2.29. The standard InChI is InChI=1S/C22H25F2N3O3S/c1-3-31(29)26-15-4-5-20(30-16-6-9-22(23,24)10-7-16)19(13-15)18-12-14(2)27(28)21-17(18)8-11-25-21/h4-5,8,11-13,16,25-26H,3,6-7,9-10H2,1-2H3. The first-order valence-electron chi connectivity index (χ1n) is 10.3. The first-order chi connectivity index (χ1) is 14.8. The number of aromatic amines is 1. The number of alkyl halides is 2. The summed E-state index contributed by atoms with van der Waals surface area (Å²) in [5, 5.41) is 13.1. The molecule has 2 heterocycles. The first-order valence-corrected chi connectivity index (χ1v) is 11.6. The average Bonchev–Trinajstić information content (AvgIpc) is 3.23. The van der Waals surface area contributed by atoms with Gasteiger partial charge in [0.2, 0.25) is 5.92 Å². The number of H-pyrrole nitrogens is 1. The van der Waals surface area contributed by atoms with E-state index in [4.69, 9.17) is 4.74 Å². The fourth-order valence-electron chi connectivity index (χ4n) is 3.91. The van der Waals surface area contributed by atoms with Gasteiger partial charge in [-0.05, 0) is 57.0 Å². The minimum absolute atomic E-state index is 0.190. The number of benzene rings is 1. The molecule has 0 radical (unpaired) electrons. The molecule has 2 N–H and O–H groups in total. The van der Waals surface area contributed by atoms with E-state index in [2.05, 4.69) is 9.71 Å². The van der Waals surface area contributed by atoms with Gasteiger partial charge in [0.15, 0.2) is 0 Å². The summed E-state index contributed by atoms with van der Waals surface area (Å²) in [5.41, 5.74) is 3.07. The van der Waals surface area contributed by atoms with Crippen LogP contribution in [0.4, 0.5) is 14.5 Å². The Kier molecular flexibility index (Phi) is 5.98. The average molecular weight is 450 g/mol. The van der Waals surface area contributed by atoms with E-state index in [-0.39, 0.29) is 31.8 Å². The molecule has 1 saturated carbocycles. The second kappa shape index (κ2) is 8.55. The lowest BCUT2D eigenvalue weighted by atomic mass is 9.94. The van der Waals surface area contributed by atoms with E-state index in [0.29, 0.717) is 34.1 Å². The summed E-state index contributed by atoms with van der Waals surface area (Å²) in [4.78, 5) is 2.97. The number of anilines is 1. The maximum absolute atomic E-state index is 13.6.